The zero-order valence-electron chi connectivity index (χ0n) is 17.7. The second-order valence-electron chi connectivity index (χ2n) is 7.77. The van der Waals surface area contributed by atoms with Crippen LogP contribution in [0.5, 0.6) is 0 Å². The summed E-state index contributed by atoms with van der Waals surface area (Å²) >= 11 is 0. The number of aldehydes is 1. The predicted molar refractivity (Wildman–Crippen MR) is 128 cm³/mol. The monoisotopic (exact) mass is 408 g/mol. The van der Waals surface area contributed by atoms with Crippen molar-refractivity contribution >= 4 is 17.1 Å². The molecular formula is C29H25FO. The minimum atomic E-state index is -0.297. The minimum absolute atomic E-state index is 0.297. The highest BCUT2D eigenvalue weighted by atomic mass is 19.1. The van der Waals surface area contributed by atoms with Gasteiger partial charge in [-0.15, -0.1) is 6.58 Å². The molecule has 0 unspecified atom stereocenters. The van der Waals surface area contributed by atoms with Gasteiger partial charge in [-0.3, -0.25) is 4.79 Å². The van der Waals surface area contributed by atoms with Gasteiger partial charge in [0.1, 0.15) is 5.82 Å². The van der Waals surface area contributed by atoms with Crippen molar-refractivity contribution in [1.29, 1.82) is 0 Å². The van der Waals surface area contributed by atoms with E-state index in [1.165, 1.54) is 17.2 Å². The number of carbonyl (C=O) groups excluding carboxylic acids is 1. The van der Waals surface area contributed by atoms with Crippen LogP contribution in [0, 0.1) is 5.82 Å². The molecule has 0 aliphatic heterocycles. The number of allylic oxidation sites excluding steroid dienone is 1. The standard InChI is InChI=1S/C29H25FO/c1-3-5-6-21-7-10-22(11-8-21)27-16-13-24(18-29(27)30)26-15-12-23-17-20(4-2)9-14-25(23)28(26)19-31/h3,7-19H,1,4-6H2,2H3. The fourth-order valence-corrected chi connectivity index (χ4v) is 4.04. The zero-order valence-corrected chi connectivity index (χ0v) is 17.7. The molecule has 0 aliphatic rings. The van der Waals surface area contributed by atoms with Gasteiger partial charge < -0.3 is 0 Å². The van der Waals surface area contributed by atoms with Gasteiger partial charge >= 0.3 is 0 Å². The number of halogens is 1. The topological polar surface area (TPSA) is 17.1 Å². The Balaban J connectivity index is 1.71. The average Bonchev–Trinajstić information content (AvgIpc) is 2.81. The van der Waals surface area contributed by atoms with Gasteiger partial charge in [-0.25, -0.2) is 4.39 Å². The largest absolute Gasteiger partial charge is 0.298 e. The van der Waals surface area contributed by atoms with E-state index in [4.69, 9.17) is 0 Å². The smallest absolute Gasteiger partial charge is 0.151 e. The quantitative estimate of drug-likeness (QED) is 0.225. The van der Waals surface area contributed by atoms with Crippen molar-refractivity contribution in [1.82, 2.24) is 0 Å². The van der Waals surface area contributed by atoms with Crippen molar-refractivity contribution in [2.75, 3.05) is 0 Å². The van der Waals surface area contributed by atoms with Crippen molar-refractivity contribution in [2.24, 2.45) is 0 Å². The van der Waals surface area contributed by atoms with Crippen LogP contribution >= 0.6 is 0 Å². The zero-order chi connectivity index (χ0) is 21.8. The van der Waals surface area contributed by atoms with Crippen LogP contribution < -0.4 is 0 Å². The molecule has 0 heterocycles. The van der Waals surface area contributed by atoms with Crippen LogP contribution in [0.3, 0.4) is 0 Å². The Morgan fingerprint density at radius 3 is 2.23 bits per heavy atom. The number of rotatable bonds is 7. The Hall–Kier alpha value is -3.52. The van der Waals surface area contributed by atoms with E-state index in [1.54, 1.807) is 6.07 Å². The molecule has 0 spiro atoms. The summed E-state index contributed by atoms with van der Waals surface area (Å²) in [7, 11) is 0. The van der Waals surface area contributed by atoms with E-state index in [1.807, 2.05) is 60.7 Å². The summed E-state index contributed by atoms with van der Waals surface area (Å²) < 4.78 is 15.1. The number of fused-ring (bicyclic) bond motifs is 1. The van der Waals surface area contributed by atoms with Gasteiger partial charge in [0.2, 0.25) is 0 Å². The Morgan fingerprint density at radius 2 is 1.55 bits per heavy atom. The second kappa shape index (κ2) is 9.09. The van der Waals surface area contributed by atoms with Gasteiger partial charge in [-0.05, 0) is 63.9 Å². The molecule has 0 radical (unpaired) electrons. The first kappa shape index (κ1) is 20.7. The first-order valence-corrected chi connectivity index (χ1v) is 10.7. The molecule has 2 heteroatoms. The van der Waals surface area contributed by atoms with Crippen LogP contribution in [-0.2, 0) is 12.8 Å². The summed E-state index contributed by atoms with van der Waals surface area (Å²) in [5.74, 6) is -0.297. The predicted octanol–water partition coefficient (Wildman–Crippen LogP) is 7.81. The lowest BCUT2D eigenvalue weighted by molar-refractivity contribution is 0.112. The van der Waals surface area contributed by atoms with Crippen LogP contribution in [0.15, 0.2) is 85.5 Å². The molecule has 4 rings (SSSR count). The Bertz CT molecular complexity index is 1250. The van der Waals surface area contributed by atoms with Gasteiger partial charge in [0.15, 0.2) is 6.29 Å². The third-order valence-corrected chi connectivity index (χ3v) is 5.83. The van der Waals surface area contributed by atoms with E-state index in [9.17, 15) is 4.79 Å². The lowest BCUT2D eigenvalue weighted by Gasteiger charge is -2.12. The molecule has 154 valence electrons. The lowest BCUT2D eigenvalue weighted by Crippen LogP contribution is -1.93. The van der Waals surface area contributed by atoms with E-state index in [-0.39, 0.29) is 5.82 Å². The first-order valence-electron chi connectivity index (χ1n) is 10.7. The molecule has 0 fully saturated rings. The second-order valence-corrected chi connectivity index (χ2v) is 7.77. The van der Waals surface area contributed by atoms with Crippen molar-refractivity contribution in [2.45, 2.75) is 26.2 Å². The third kappa shape index (κ3) is 4.20. The van der Waals surface area contributed by atoms with E-state index < -0.39 is 0 Å². The molecule has 0 amide bonds. The van der Waals surface area contributed by atoms with Gasteiger partial charge in [-0.2, -0.15) is 0 Å². The Kier molecular flexibility index (Phi) is 6.08. The number of hydrogen-bond acceptors (Lipinski definition) is 1. The van der Waals surface area contributed by atoms with Gasteiger partial charge in [0.05, 0.1) is 0 Å². The van der Waals surface area contributed by atoms with E-state index in [0.29, 0.717) is 16.7 Å². The molecule has 1 nitrogen and oxygen atoms in total. The normalized spacial score (nSPS) is 10.9. The number of aryl methyl sites for hydroxylation is 2. The van der Waals surface area contributed by atoms with Crippen LogP contribution in [0.4, 0.5) is 4.39 Å². The van der Waals surface area contributed by atoms with Crippen LogP contribution in [0.25, 0.3) is 33.0 Å². The van der Waals surface area contributed by atoms with Gasteiger partial charge in [-0.1, -0.05) is 79.7 Å². The first-order chi connectivity index (χ1) is 15.1. The summed E-state index contributed by atoms with van der Waals surface area (Å²) in [6, 6.07) is 23.2. The fourth-order valence-electron chi connectivity index (χ4n) is 4.04. The van der Waals surface area contributed by atoms with Crippen LogP contribution in [0.1, 0.15) is 34.8 Å². The summed E-state index contributed by atoms with van der Waals surface area (Å²) in [4.78, 5) is 11.9. The van der Waals surface area contributed by atoms with E-state index >= 15 is 4.39 Å². The summed E-state index contributed by atoms with van der Waals surface area (Å²) in [6.45, 7) is 5.86. The molecule has 0 saturated carbocycles. The van der Waals surface area contributed by atoms with Crippen molar-refractivity contribution < 1.29 is 9.18 Å². The Morgan fingerprint density at radius 1 is 0.839 bits per heavy atom. The Labute approximate surface area is 182 Å². The number of hydrogen-bond donors (Lipinski definition) is 0. The minimum Gasteiger partial charge on any atom is -0.298 e. The molecule has 0 aromatic heterocycles. The third-order valence-electron chi connectivity index (χ3n) is 5.83. The molecule has 0 saturated heterocycles. The van der Waals surface area contributed by atoms with E-state index in [0.717, 1.165) is 47.4 Å². The maximum Gasteiger partial charge on any atom is 0.151 e. The molecule has 4 aromatic carbocycles. The van der Waals surface area contributed by atoms with Crippen molar-refractivity contribution in [3.63, 3.8) is 0 Å². The van der Waals surface area contributed by atoms with Crippen molar-refractivity contribution in [3.05, 3.63) is 108 Å². The molecule has 0 N–H and O–H groups in total. The molecule has 0 aliphatic carbocycles. The highest BCUT2D eigenvalue weighted by Gasteiger charge is 2.13. The average molecular weight is 409 g/mol. The molecule has 0 bridgehead atoms. The maximum atomic E-state index is 15.1. The molecule has 31 heavy (non-hydrogen) atoms. The van der Waals surface area contributed by atoms with Crippen LogP contribution in [-0.4, -0.2) is 6.29 Å². The van der Waals surface area contributed by atoms with Crippen molar-refractivity contribution in [3.8, 4) is 22.3 Å². The maximum absolute atomic E-state index is 15.1. The summed E-state index contributed by atoms with van der Waals surface area (Å²) in [5.41, 5.74) is 5.87. The SMILES string of the molecule is C=CCCc1ccc(-c2ccc(-c3ccc4cc(CC)ccc4c3C=O)cc2F)cc1. The fraction of sp³-hybridized carbons (Fsp3) is 0.138. The summed E-state index contributed by atoms with van der Waals surface area (Å²) in [6.07, 6.45) is 5.57. The van der Waals surface area contributed by atoms with Gasteiger partial charge in [0, 0.05) is 11.1 Å². The highest BCUT2D eigenvalue weighted by Crippen LogP contribution is 2.33. The lowest BCUT2D eigenvalue weighted by atomic mass is 9.92. The molecular weight excluding hydrogens is 383 g/mol. The van der Waals surface area contributed by atoms with Gasteiger partial charge in [0.25, 0.3) is 0 Å². The number of carbonyl (C=O) groups is 1. The molecule has 4 aromatic rings. The highest BCUT2D eigenvalue weighted by molar-refractivity contribution is 6.04. The van der Waals surface area contributed by atoms with Crippen LogP contribution in [0.2, 0.25) is 0 Å². The summed E-state index contributed by atoms with van der Waals surface area (Å²) in [5, 5.41) is 1.92. The number of benzene rings is 4. The molecule has 0 atom stereocenters. The van der Waals surface area contributed by atoms with E-state index in [2.05, 4.69) is 19.6 Å².